The van der Waals surface area contributed by atoms with Gasteiger partial charge < -0.3 is 42.0 Å². The molecule has 10 N–H and O–H groups in total. The van der Waals surface area contributed by atoms with Crippen LogP contribution in [-0.4, -0.2) is 54.8 Å². The summed E-state index contributed by atoms with van der Waals surface area (Å²) < 4.78 is 2.22. The number of H-pyrrole nitrogens is 4. The van der Waals surface area contributed by atoms with E-state index in [2.05, 4.69) is 88.3 Å². The second-order valence-corrected chi connectivity index (χ2v) is 11.4. The van der Waals surface area contributed by atoms with Gasteiger partial charge in [-0.3, -0.25) is 9.59 Å². The Kier molecular flexibility index (Phi) is 7.18. The Labute approximate surface area is 235 Å². The third-order valence-electron chi connectivity index (χ3n) is 6.67. The van der Waals surface area contributed by atoms with Gasteiger partial charge in [-0.25, -0.2) is 9.97 Å². The molecule has 12 nitrogen and oxygen atoms in total. The Morgan fingerprint density at radius 2 is 1.38 bits per heavy atom. The number of nitrogens with two attached hydrogens (primary N) is 2. The molecule has 15 heteroatoms. The van der Waals surface area contributed by atoms with Crippen molar-refractivity contribution >= 4 is 71.5 Å². The number of aromatic nitrogens is 6. The Bertz CT molecular complexity index is 1420. The highest BCUT2D eigenvalue weighted by molar-refractivity contribution is 9.13. The number of nitrogens with one attached hydrogen (secondary N) is 6. The molecule has 0 aliphatic heterocycles. The van der Waals surface area contributed by atoms with E-state index in [9.17, 15) is 9.59 Å². The summed E-state index contributed by atoms with van der Waals surface area (Å²) >= 11 is 10.1. The first-order chi connectivity index (χ1) is 17.7. The van der Waals surface area contributed by atoms with Crippen molar-refractivity contribution in [3.05, 3.63) is 67.0 Å². The van der Waals surface area contributed by atoms with Gasteiger partial charge in [-0.1, -0.05) is 0 Å². The molecule has 0 aromatic carbocycles. The summed E-state index contributed by atoms with van der Waals surface area (Å²) in [6.45, 7) is 0.713. The third-order valence-corrected chi connectivity index (χ3v) is 8.91. The molecule has 4 aromatic rings. The maximum Gasteiger partial charge on any atom is 0.267 e. The lowest BCUT2D eigenvalue weighted by atomic mass is 9.54. The Balaban J connectivity index is 1.40. The van der Waals surface area contributed by atoms with Crippen LogP contribution in [-0.2, 0) is 0 Å². The fraction of sp³-hybridized carbons (Fsp3) is 0.273. The largest absolute Gasteiger partial charge is 0.369 e. The minimum atomic E-state index is -0.248. The molecule has 0 radical (unpaired) electrons. The van der Waals surface area contributed by atoms with Crippen LogP contribution in [0.1, 0.15) is 44.2 Å². The number of nitrogen functional groups attached to an aromatic ring is 2. The van der Waals surface area contributed by atoms with Gasteiger partial charge in [0.1, 0.15) is 11.4 Å². The highest BCUT2D eigenvalue weighted by atomic mass is 79.9. The van der Waals surface area contributed by atoms with Crippen LogP contribution in [0.15, 0.2) is 44.3 Å². The van der Waals surface area contributed by atoms with Gasteiger partial charge in [0.15, 0.2) is 11.9 Å². The number of nitrogens with zero attached hydrogens (tertiary/aromatic N) is 2. The molecule has 4 atom stereocenters. The fourth-order valence-corrected chi connectivity index (χ4v) is 6.00. The topological polar surface area (TPSA) is 199 Å². The van der Waals surface area contributed by atoms with E-state index in [0.29, 0.717) is 41.0 Å². The summed E-state index contributed by atoms with van der Waals surface area (Å²) in [4.78, 5) is 46.2. The molecule has 4 aromatic heterocycles. The van der Waals surface area contributed by atoms with Gasteiger partial charge >= 0.3 is 0 Å². The van der Waals surface area contributed by atoms with Gasteiger partial charge in [-0.2, -0.15) is 0 Å². The van der Waals surface area contributed by atoms with Crippen LogP contribution in [0, 0.1) is 11.8 Å². The lowest BCUT2D eigenvalue weighted by Gasteiger charge is -2.51. The maximum absolute atomic E-state index is 12.9. The highest BCUT2D eigenvalue weighted by Gasteiger charge is 2.53. The number of hydrogen-bond acceptors (Lipinski definition) is 6. The van der Waals surface area contributed by atoms with Crippen LogP contribution in [0.25, 0.3) is 0 Å². The summed E-state index contributed by atoms with van der Waals surface area (Å²) in [5.41, 5.74) is 14.3. The smallest absolute Gasteiger partial charge is 0.267 e. The van der Waals surface area contributed by atoms with E-state index in [-0.39, 0.29) is 35.5 Å². The first-order valence-corrected chi connectivity index (χ1v) is 13.6. The van der Waals surface area contributed by atoms with E-state index in [0.717, 1.165) is 20.3 Å². The number of amides is 2. The molecule has 1 aliphatic carbocycles. The van der Waals surface area contributed by atoms with Crippen molar-refractivity contribution in [2.24, 2.45) is 11.8 Å². The Morgan fingerprint density at radius 3 is 1.78 bits per heavy atom. The van der Waals surface area contributed by atoms with Gasteiger partial charge in [0, 0.05) is 47.0 Å². The molecular weight excluding hydrogens is 676 g/mol. The van der Waals surface area contributed by atoms with Crippen molar-refractivity contribution in [3.8, 4) is 0 Å². The van der Waals surface area contributed by atoms with Crippen molar-refractivity contribution in [3.63, 3.8) is 0 Å². The molecular formula is C22H23Br3N10O2. The standard InChI is InChI=1S/C22H23Br3N10O2/c23-8-1-12(28-3-8)19(36)29-4-9-10(5-30-20(37)13-2-11(24)18(25)33-13)17(15-7-32-22(27)35-15)16(9)14-6-31-21(26)34-14/h1-3,6-7,9-10,16-17,28,33H,4-5H2,(H,29,36)(H,30,37)(H3,26,31,34)(H3,27,32,35)/t9?,10-,16-,17?/m1/s1. The highest BCUT2D eigenvalue weighted by Crippen LogP contribution is 2.56. The predicted octanol–water partition coefficient (Wildman–Crippen LogP) is 3.21. The van der Waals surface area contributed by atoms with Crippen molar-refractivity contribution < 1.29 is 9.59 Å². The average Bonchev–Trinajstić information content (AvgIpc) is 3.63. The van der Waals surface area contributed by atoms with Crippen LogP contribution >= 0.6 is 47.8 Å². The fourth-order valence-electron chi connectivity index (χ4n) is 5.00. The Hall–Kier alpha value is -3.04. The number of halogens is 3. The molecule has 5 rings (SSSR count). The summed E-state index contributed by atoms with van der Waals surface area (Å²) in [7, 11) is 0. The quantitative estimate of drug-likeness (QED) is 0.139. The molecule has 2 unspecified atom stereocenters. The maximum atomic E-state index is 12.9. The van der Waals surface area contributed by atoms with Gasteiger partial charge in [-0.15, -0.1) is 0 Å². The number of hydrogen-bond donors (Lipinski definition) is 8. The van der Waals surface area contributed by atoms with E-state index in [1.165, 1.54) is 0 Å². The monoisotopic (exact) mass is 696 g/mol. The number of anilines is 2. The van der Waals surface area contributed by atoms with Crippen LogP contribution in [0.2, 0.25) is 0 Å². The summed E-state index contributed by atoms with van der Waals surface area (Å²) in [6, 6.07) is 3.42. The lowest BCUT2D eigenvalue weighted by molar-refractivity contribution is 0.0674. The normalized spacial score (nSPS) is 20.9. The number of carbonyl (C=O) groups excluding carboxylic acids is 2. The van der Waals surface area contributed by atoms with Gasteiger partial charge in [0.05, 0.1) is 21.5 Å². The summed E-state index contributed by atoms with van der Waals surface area (Å²) in [5.74, 6) is -0.166. The Morgan fingerprint density at radius 1 is 0.838 bits per heavy atom. The third kappa shape index (κ3) is 5.20. The van der Waals surface area contributed by atoms with E-state index in [1.807, 2.05) is 0 Å². The lowest BCUT2D eigenvalue weighted by Crippen LogP contribution is -2.53. The predicted molar refractivity (Wildman–Crippen MR) is 148 cm³/mol. The van der Waals surface area contributed by atoms with Gasteiger partial charge in [-0.05, 0) is 71.8 Å². The van der Waals surface area contributed by atoms with Gasteiger partial charge in [0.2, 0.25) is 0 Å². The zero-order chi connectivity index (χ0) is 26.3. The molecule has 194 valence electrons. The van der Waals surface area contributed by atoms with Crippen molar-refractivity contribution in [2.45, 2.75) is 11.8 Å². The second-order valence-electron chi connectivity index (χ2n) is 8.82. The zero-order valence-electron chi connectivity index (χ0n) is 19.1. The summed E-state index contributed by atoms with van der Waals surface area (Å²) in [5, 5.41) is 6.04. The first kappa shape index (κ1) is 25.6. The first-order valence-electron chi connectivity index (χ1n) is 11.3. The molecule has 0 bridgehead atoms. The van der Waals surface area contributed by atoms with Crippen LogP contribution < -0.4 is 22.1 Å². The van der Waals surface area contributed by atoms with Crippen molar-refractivity contribution in [2.75, 3.05) is 24.6 Å². The summed E-state index contributed by atoms with van der Waals surface area (Å²) in [6.07, 6.45) is 5.10. The molecule has 1 fully saturated rings. The number of carbonyl (C=O) groups is 2. The van der Waals surface area contributed by atoms with E-state index < -0.39 is 0 Å². The van der Waals surface area contributed by atoms with E-state index >= 15 is 0 Å². The van der Waals surface area contributed by atoms with Crippen LogP contribution in [0.3, 0.4) is 0 Å². The van der Waals surface area contributed by atoms with E-state index in [1.54, 1.807) is 30.7 Å². The number of rotatable bonds is 8. The zero-order valence-corrected chi connectivity index (χ0v) is 23.9. The van der Waals surface area contributed by atoms with Crippen LogP contribution in [0.4, 0.5) is 11.9 Å². The molecule has 4 heterocycles. The minimum Gasteiger partial charge on any atom is -0.369 e. The van der Waals surface area contributed by atoms with Gasteiger partial charge in [0.25, 0.3) is 11.8 Å². The van der Waals surface area contributed by atoms with Crippen molar-refractivity contribution in [1.82, 2.24) is 40.5 Å². The molecule has 0 saturated heterocycles. The number of aromatic amines is 4. The van der Waals surface area contributed by atoms with Crippen LogP contribution in [0.5, 0.6) is 0 Å². The number of imidazole rings is 2. The van der Waals surface area contributed by atoms with Crippen molar-refractivity contribution in [1.29, 1.82) is 0 Å². The van der Waals surface area contributed by atoms with E-state index in [4.69, 9.17) is 11.5 Å². The molecule has 0 spiro atoms. The molecule has 1 aliphatic rings. The average molecular weight is 699 g/mol. The molecule has 2 amide bonds. The minimum absolute atomic E-state index is 0.0564. The molecule has 37 heavy (non-hydrogen) atoms. The molecule has 1 saturated carbocycles. The SMILES string of the molecule is Nc1ncc(C2[C@H](CNC(=O)c3cc(Br)c(Br)[nH]3)C(CNC(=O)c3cc(Br)c[nH]3)[C@@H]2c2cnc(N)[nH]2)[nH]1. The second kappa shape index (κ2) is 10.4.